The predicted octanol–water partition coefficient (Wildman–Crippen LogP) is 2.49. The number of hydrogen-bond donors (Lipinski definition) is 1. The van der Waals surface area contributed by atoms with Crippen LogP contribution in [-0.4, -0.2) is 10.1 Å². The van der Waals surface area contributed by atoms with Crippen LogP contribution < -0.4 is 5.73 Å². The van der Waals surface area contributed by atoms with Crippen LogP contribution in [0.5, 0.6) is 0 Å². The smallest absolute Gasteiger partial charge is 0.232 e. The Morgan fingerprint density at radius 2 is 2.06 bits per heavy atom. The molecule has 0 saturated heterocycles. The van der Waals surface area contributed by atoms with Crippen LogP contribution in [0.25, 0.3) is 11.4 Å². The molecule has 0 bridgehead atoms. The monoisotopic (exact) mass is 231 g/mol. The average Bonchev–Trinajstić information content (AvgIpc) is 2.78. The summed E-state index contributed by atoms with van der Waals surface area (Å²) in [7, 11) is 0. The van der Waals surface area contributed by atoms with Crippen molar-refractivity contribution in [3.05, 3.63) is 35.7 Å². The highest BCUT2D eigenvalue weighted by Gasteiger charge is 2.22. The topological polar surface area (TPSA) is 64.9 Å². The summed E-state index contributed by atoms with van der Waals surface area (Å²) in [6, 6.07) is 7.87. The van der Waals surface area contributed by atoms with Crippen molar-refractivity contribution in [3.63, 3.8) is 0 Å². The zero-order valence-corrected chi connectivity index (χ0v) is 10.4. The highest BCUT2D eigenvalue weighted by atomic mass is 16.5. The Hall–Kier alpha value is -1.68. The molecule has 1 aromatic heterocycles. The standard InChI is InChI=1S/C13H17N3O/c1-13(2,3)12-15-11(16-17-12)10-6-4-5-9(7-10)8-14/h4-7H,8,14H2,1-3H3. The maximum atomic E-state index is 5.61. The summed E-state index contributed by atoms with van der Waals surface area (Å²) in [4.78, 5) is 4.41. The maximum absolute atomic E-state index is 5.61. The fourth-order valence-electron chi connectivity index (χ4n) is 1.48. The minimum absolute atomic E-state index is 0.128. The van der Waals surface area contributed by atoms with E-state index in [4.69, 9.17) is 10.3 Å². The zero-order chi connectivity index (χ0) is 12.5. The molecule has 2 N–H and O–H groups in total. The van der Waals surface area contributed by atoms with Crippen molar-refractivity contribution < 1.29 is 4.52 Å². The summed E-state index contributed by atoms with van der Waals surface area (Å²) in [5, 5.41) is 4.00. The highest BCUT2D eigenvalue weighted by molar-refractivity contribution is 5.55. The fraction of sp³-hybridized carbons (Fsp3) is 0.385. The third-order valence-corrected chi connectivity index (χ3v) is 2.49. The molecule has 0 saturated carbocycles. The second-order valence-electron chi connectivity index (χ2n) is 5.08. The maximum Gasteiger partial charge on any atom is 0.232 e. The Kier molecular flexibility index (Phi) is 2.98. The first-order chi connectivity index (χ1) is 8.00. The lowest BCUT2D eigenvalue weighted by Crippen LogP contribution is -2.11. The molecule has 0 unspecified atom stereocenters. The zero-order valence-electron chi connectivity index (χ0n) is 10.4. The number of nitrogens with zero attached hydrogens (tertiary/aromatic N) is 2. The summed E-state index contributed by atoms with van der Waals surface area (Å²) in [6.45, 7) is 6.64. The molecule has 1 heterocycles. The third kappa shape index (κ3) is 2.53. The molecule has 0 aliphatic heterocycles. The molecule has 2 aromatic rings. The molecule has 90 valence electrons. The van der Waals surface area contributed by atoms with Gasteiger partial charge in [-0.2, -0.15) is 4.98 Å². The van der Waals surface area contributed by atoms with Crippen molar-refractivity contribution in [2.24, 2.45) is 5.73 Å². The summed E-state index contributed by atoms with van der Waals surface area (Å²) in [6.07, 6.45) is 0. The molecule has 0 spiro atoms. The van der Waals surface area contributed by atoms with E-state index < -0.39 is 0 Å². The van der Waals surface area contributed by atoms with Crippen molar-refractivity contribution >= 4 is 0 Å². The van der Waals surface area contributed by atoms with E-state index in [1.165, 1.54) is 0 Å². The lowest BCUT2D eigenvalue weighted by molar-refractivity contribution is 0.321. The van der Waals surface area contributed by atoms with Crippen LogP contribution in [0.15, 0.2) is 28.8 Å². The van der Waals surface area contributed by atoms with Gasteiger partial charge in [0.15, 0.2) is 0 Å². The number of hydrogen-bond acceptors (Lipinski definition) is 4. The van der Waals surface area contributed by atoms with Crippen LogP contribution in [0.2, 0.25) is 0 Å². The molecular weight excluding hydrogens is 214 g/mol. The average molecular weight is 231 g/mol. The normalized spacial score (nSPS) is 11.8. The van der Waals surface area contributed by atoms with E-state index in [0.717, 1.165) is 11.1 Å². The first kappa shape index (κ1) is 11.8. The van der Waals surface area contributed by atoms with Gasteiger partial charge >= 0.3 is 0 Å². The number of nitrogens with two attached hydrogens (primary N) is 1. The largest absolute Gasteiger partial charge is 0.338 e. The van der Waals surface area contributed by atoms with E-state index in [-0.39, 0.29) is 5.41 Å². The summed E-state index contributed by atoms with van der Waals surface area (Å²) >= 11 is 0. The Morgan fingerprint density at radius 1 is 1.29 bits per heavy atom. The van der Waals surface area contributed by atoms with Gasteiger partial charge in [0.05, 0.1) is 0 Å². The molecule has 4 nitrogen and oxygen atoms in total. The minimum atomic E-state index is -0.128. The number of aromatic nitrogens is 2. The molecule has 0 aliphatic carbocycles. The summed E-state index contributed by atoms with van der Waals surface area (Å²) in [5.74, 6) is 1.26. The van der Waals surface area contributed by atoms with Crippen molar-refractivity contribution in [2.45, 2.75) is 32.7 Å². The SMILES string of the molecule is CC(C)(C)c1nc(-c2cccc(CN)c2)no1. The molecule has 0 aliphatic rings. The Morgan fingerprint density at radius 3 is 2.65 bits per heavy atom. The van der Waals surface area contributed by atoms with Crippen LogP contribution in [0.4, 0.5) is 0 Å². The van der Waals surface area contributed by atoms with Gasteiger partial charge in [0.25, 0.3) is 0 Å². The van der Waals surface area contributed by atoms with E-state index in [0.29, 0.717) is 18.3 Å². The van der Waals surface area contributed by atoms with Crippen LogP contribution in [0.3, 0.4) is 0 Å². The van der Waals surface area contributed by atoms with Crippen molar-refractivity contribution in [3.8, 4) is 11.4 Å². The molecule has 0 radical (unpaired) electrons. The second kappa shape index (κ2) is 4.30. The second-order valence-corrected chi connectivity index (χ2v) is 5.08. The first-order valence-electron chi connectivity index (χ1n) is 5.64. The Bertz CT molecular complexity index is 511. The van der Waals surface area contributed by atoms with Gasteiger partial charge in [-0.1, -0.05) is 44.1 Å². The van der Waals surface area contributed by atoms with Crippen LogP contribution in [0, 0.1) is 0 Å². The van der Waals surface area contributed by atoms with Gasteiger partial charge in [-0.25, -0.2) is 0 Å². The van der Waals surface area contributed by atoms with Crippen molar-refractivity contribution in [2.75, 3.05) is 0 Å². The predicted molar refractivity (Wildman–Crippen MR) is 66.3 cm³/mol. The van der Waals surface area contributed by atoms with Crippen molar-refractivity contribution in [1.29, 1.82) is 0 Å². The van der Waals surface area contributed by atoms with Gasteiger partial charge in [-0.05, 0) is 11.6 Å². The molecule has 2 rings (SSSR count). The molecule has 1 aromatic carbocycles. The van der Waals surface area contributed by atoms with Gasteiger partial charge in [-0.3, -0.25) is 0 Å². The first-order valence-corrected chi connectivity index (χ1v) is 5.64. The van der Waals surface area contributed by atoms with Gasteiger partial charge in [0.1, 0.15) is 0 Å². The highest BCUT2D eigenvalue weighted by Crippen LogP contribution is 2.24. The van der Waals surface area contributed by atoms with E-state index in [1.54, 1.807) is 0 Å². The summed E-state index contributed by atoms with van der Waals surface area (Å²) < 4.78 is 5.26. The Balaban J connectivity index is 2.37. The molecule has 17 heavy (non-hydrogen) atoms. The Labute approximate surface area is 101 Å². The van der Waals surface area contributed by atoms with E-state index in [1.807, 2.05) is 45.0 Å². The minimum Gasteiger partial charge on any atom is -0.338 e. The lowest BCUT2D eigenvalue weighted by Gasteiger charge is -2.10. The molecule has 0 atom stereocenters. The van der Waals surface area contributed by atoms with E-state index >= 15 is 0 Å². The molecule has 4 heteroatoms. The van der Waals surface area contributed by atoms with Crippen LogP contribution in [-0.2, 0) is 12.0 Å². The van der Waals surface area contributed by atoms with Gasteiger partial charge in [0.2, 0.25) is 11.7 Å². The molecule has 0 fully saturated rings. The van der Waals surface area contributed by atoms with Gasteiger partial charge in [0, 0.05) is 17.5 Å². The van der Waals surface area contributed by atoms with Gasteiger partial charge < -0.3 is 10.3 Å². The van der Waals surface area contributed by atoms with E-state index in [2.05, 4.69) is 10.1 Å². The fourth-order valence-corrected chi connectivity index (χ4v) is 1.48. The number of benzene rings is 1. The van der Waals surface area contributed by atoms with Crippen LogP contribution >= 0.6 is 0 Å². The third-order valence-electron chi connectivity index (χ3n) is 2.49. The molecule has 0 amide bonds. The van der Waals surface area contributed by atoms with Crippen molar-refractivity contribution in [1.82, 2.24) is 10.1 Å². The van der Waals surface area contributed by atoms with Crippen LogP contribution in [0.1, 0.15) is 32.2 Å². The van der Waals surface area contributed by atoms with E-state index in [9.17, 15) is 0 Å². The lowest BCUT2D eigenvalue weighted by atomic mass is 9.97. The number of rotatable bonds is 2. The quantitative estimate of drug-likeness (QED) is 0.862. The summed E-state index contributed by atoms with van der Waals surface area (Å²) in [5.41, 5.74) is 7.48. The van der Waals surface area contributed by atoms with Gasteiger partial charge in [-0.15, -0.1) is 0 Å². The molecular formula is C13H17N3O.